The van der Waals surface area contributed by atoms with Crippen LogP contribution in [0.2, 0.25) is 0 Å². The van der Waals surface area contributed by atoms with Crippen molar-refractivity contribution in [1.29, 1.82) is 0 Å². The van der Waals surface area contributed by atoms with Crippen LogP contribution in [-0.4, -0.2) is 29.1 Å². The van der Waals surface area contributed by atoms with E-state index < -0.39 is 0 Å². The Morgan fingerprint density at radius 3 is 2.63 bits per heavy atom. The summed E-state index contributed by atoms with van der Waals surface area (Å²) in [4.78, 5) is 17.7. The molecule has 0 bridgehead atoms. The molecule has 0 fully saturated rings. The van der Waals surface area contributed by atoms with Crippen molar-refractivity contribution in [2.75, 3.05) is 7.11 Å². The molecule has 0 amide bonds. The van der Waals surface area contributed by atoms with E-state index in [1.807, 2.05) is 38.1 Å². The number of aryl methyl sites for hydroxylation is 1. The third-order valence-electron chi connectivity index (χ3n) is 4.67. The van der Waals surface area contributed by atoms with Gasteiger partial charge < -0.3 is 9.47 Å². The first-order chi connectivity index (χ1) is 14.4. The topological polar surface area (TPSA) is 65.7 Å². The van der Waals surface area contributed by atoms with E-state index in [9.17, 15) is 4.79 Å². The maximum atomic E-state index is 13.1. The largest absolute Gasteiger partial charge is 0.493 e. The van der Waals surface area contributed by atoms with Gasteiger partial charge in [-0.15, -0.1) is 0 Å². The van der Waals surface area contributed by atoms with Crippen LogP contribution >= 0.6 is 31.9 Å². The fourth-order valence-electron chi connectivity index (χ4n) is 2.91. The summed E-state index contributed by atoms with van der Waals surface area (Å²) in [7, 11) is 1.59. The molecule has 30 heavy (non-hydrogen) atoms. The lowest BCUT2D eigenvalue weighted by atomic mass is 10.2. The van der Waals surface area contributed by atoms with Gasteiger partial charge in [-0.2, -0.15) is 9.78 Å². The zero-order chi connectivity index (χ0) is 21.8. The minimum atomic E-state index is -0.222. The quantitative estimate of drug-likeness (QED) is 0.371. The molecule has 3 aromatic rings. The highest BCUT2D eigenvalue weighted by atomic mass is 79.9. The van der Waals surface area contributed by atoms with Crippen molar-refractivity contribution >= 4 is 49.0 Å². The van der Waals surface area contributed by atoms with Crippen LogP contribution in [0.3, 0.4) is 0 Å². The van der Waals surface area contributed by atoms with E-state index in [2.05, 4.69) is 48.9 Å². The molecule has 6 nitrogen and oxygen atoms in total. The summed E-state index contributed by atoms with van der Waals surface area (Å²) < 4.78 is 14.6. The Hall–Kier alpha value is -2.19. The van der Waals surface area contributed by atoms with Gasteiger partial charge in [0.15, 0.2) is 11.5 Å². The number of nitrogens with zero attached hydrogens (tertiary/aromatic N) is 3. The minimum absolute atomic E-state index is 0.000775. The molecule has 0 aliphatic rings. The van der Waals surface area contributed by atoms with Crippen LogP contribution in [-0.2, 0) is 6.42 Å². The van der Waals surface area contributed by atoms with Crippen molar-refractivity contribution < 1.29 is 9.47 Å². The van der Waals surface area contributed by atoms with Gasteiger partial charge in [0.05, 0.1) is 30.3 Å². The standard InChI is InChI=1S/C22H23Br2N3O3/c1-5-13(3)30-21-14(9-16(24)11-19(21)29-4)12-25-27-20(6-2)26-18-8-7-15(23)10-17(18)22(27)28/h7-13H,5-6H2,1-4H3/t13-/m1/s1. The van der Waals surface area contributed by atoms with Crippen molar-refractivity contribution in [2.24, 2.45) is 5.10 Å². The fraction of sp³-hybridized carbons (Fsp3) is 0.318. The predicted molar refractivity (Wildman–Crippen MR) is 127 cm³/mol. The molecule has 0 aliphatic heterocycles. The lowest BCUT2D eigenvalue weighted by molar-refractivity contribution is 0.207. The maximum absolute atomic E-state index is 13.1. The Balaban J connectivity index is 2.16. The number of rotatable bonds is 7. The van der Waals surface area contributed by atoms with Gasteiger partial charge in [0.2, 0.25) is 0 Å². The van der Waals surface area contributed by atoms with Crippen molar-refractivity contribution in [2.45, 2.75) is 39.7 Å². The van der Waals surface area contributed by atoms with Crippen molar-refractivity contribution in [3.63, 3.8) is 0 Å². The highest BCUT2D eigenvalue weighted by molar-refractivity contribution is 9.10. The monoisotopic (exact) mass is 535 g/mol. The van der Waals surface area contributed by atoms with E-state index >= 15 is 0 Å². The molecule has 158 valence electrons. The molecular formula is C22H23Br2N3O3. The zero-order valence-corrected chi connectivity index (χ0v) is 20.4. The van der Waals surface area contributed by atoms with Crippen LogP contribution in [0.25, 0.3) is 10.9 Å². The second-order valence-electron chi connectivity index (χ2n) is 6.77. The summed E-state index contributed by atoms with van der Waals surface area (Å²) in [6.07, 6.45) is 3.02. The fourth-order valence-corrected chi connectivity index (χ4v) is 3.73. The summed E-state index contributed by atoms with van der Waals surface area (Å²) in [6, 6.07) is 9.17. The normalized spacial score (nSPS) is 12.5. The Kier molecular flexibility index (Phi) is 7.31. The molecule has 8 heteroatoms. The Morgan fingerprint density at radius 1 is 1.20 bits per heavy atom. The molecule has 0 saturated carbocycles. The molecule has 2 aromatic carbocycles. The van der Waals surface area contributed by atoms with Crippen molar-refractivity contribution in [1.82, 2.24) is 9.66 Å². The van der Waals surface area contributed by atoms with E-state index in [1.54, 1.807) is 19.4 Å². The molecule has 1 aromatic heterocycles. The van der Waals surface area contributed by atoms with Gasteiger partial charge in [-0.3, -0.25) is 4.79 Å². The summed E-state index contributed by atoms with van der Waals surface area (Å²) in [5.74, 6) is 1.76. The van der Waals surface area contributed by atoms with Crippen LogP contribution in [0.15, 0.2) is 49.2 Å². The van der Waals surface area contributed by atoms with Gasteiger partial charge in [-0.25, -0.2) is 4.98 Å². The molecule has 1 heterocycles. The Morgan fingerprint density at radius 2 is 1.97 bits per heavy atom. The highest BCUT2D eigenvalue weighted by Gasteiger charge is 2.15. The van der Waals surface area contributed by atoms with Crippen LogP contribution in [0.1, 0.15) is 38.6 Å². The smallest absolute Gasteiger partial charge is 0.282 e. The summed E-state index contributed by atoms with van der Waals surface area (Å²) in [5, 5.41) is 4.98. The van der Waals surface area contributed by atoms with E-state index in [1.165, 1.54) is 4.68 Å². The molecule has 0 N–H and O–H groups in total. The zero-order valence-electron chi connectivity index (χ0n) is 17.3. The van der Waals surface area contributed by atoms with Crippen LogP contribution in [0.5, 0.6) is 11.5 Å². The van der Waals surface area contributed by atoms with Gasteiger partial charge >= 0.3 is 0 Å². The van der Waals surface area contributed by atoms with Crippen molar-refractivity contribution in [3.8, 4) is 11.5 Å². The molecule has 0 radical (unpaired) electrons. The molecule has 0 spiro atoms. The summed E-state index contributed by atoms with van der Waals surface area (Å²) in [6.45, 7) is 5.99. The van der Waals surface area contributed by atoms with Gasteiger partial charge in [-0.1, -0.05) is 45.7 Å². The number of halogens is 2. The molecular weight excluding hydrogens is 514 g/mol. The second kappa shape index (κ2) is 9.75. The number of ether oxygens (including phenoxy) is 2. The van der Waals surface area contributed by atoms with Crippen LogP contribution in [0, 0.1) is 0 Å². The van der Waals surface area contributed by atoms with E-state index in [0.717, 1.165) is 15.4 Å². The number of hydrogen-bond donors (Lipinski definition) is 0. The average molecular weight is 537 g/mol. The number of methoxy groups -OCH3 is 1. The number of fused-ring (bicyclic) bond motifs is 1. The third kappa shape index (κ3) is 4.75. The third-order valence-corrected chi connectivity index (χ3v) is 5.62. The van der Waals surface area contributed by atoms with E-state index in [4.69, 9.17) is 9.47 Å². The molecule has 3 rings (SSSR count). The Labute approximate surface area is 192 Å². The van der Waals surface area contributed by atoms with E-state index in [0.29, 0.717) is 40.2 Å². The first-order valence-corrected chi connectivity index (χ1v) is 11.3. The minimum Gasteiger partial charge on any atom is -0.493 e. The molecule has 0 aliphatic carbocycles. The summed E-state index contributed by atoms with van der Waals surface area (Å²) >= 11 is 6.91. The number of aromatic nitrogens is 2. The van der Waals surface area contributed by atoms with E-state index in [-0.39, 0.29) is 11.7 Å². The van der Waals surface area contributed by atoms with Gasteiger partial charge in [-0.05, 0) is 43.7 Å². The van der Waals surface area contributed by atoms with Gasteiger partial charge in [0.1, 0.15) is 5.82 Å². The number of benzene rings is 2. The maximum Gasteiger partial charge on any atom is 0.282 e. The van der Waals surface area contributed by atoms with Gasteiger partial charge in [0, 0.05) is 20.9 Å². The average Bonchev–Trinajstić information content (AvgIpc) is 2.74. The van der Waals surface area contributed by atoms with Crippen LogP contribution in [0.4, 0.5) is 0 Å². The first-order valence-electron chi connectivity index (χ1n) is 9.67. The van der Waals surface area contributed by atoms with Gasteiger partial charge in [0.25, 0.3) is 5.56 Å². The molecule has 0 unspecified atom stereocenters. The molecule has 0 saturated heterocycles. The van der Waals surface area contributed by atoms with Crippen molar-refractivity contribution in [3.05, 3.63) is 61.0 Å². The Bertz CT molecular complexity index is 1160. The highest BCUT2D eigenvalue weighted by Crippen LogP contribution is 2.35. The SMILES string of the molecule is CCc1nc2ccc(Br)cc2c(=O)n1N=Cc1cc(Br)cc(OC)c1O[C@H](C)CC. The van der Waals surface area contributed by atoms with Crippen LogP contribution < -0.4 is 15.0 Å². The lowest BCUT2D eigenvalue weighted by Gasteiger charge is -2.18. The number of hydrogen-bond acceptors (Lipinski definition) is 5. The summed E-state index contributed by atoms with van der Waals surface area (Å²) in [5.41, 5.74) is 1.13. The first kappa shape index (κ1) is 22.5. The molecule has 1 atom stereocenters. The predicted octanol–water partition coefficient (Wildman–Crippen LogP) is 5.55. The second-order valence-corrected chi connectivity index (χ2v) is 8.60. The lowest BCUT2D eigenvalue weighted by Crippen LogP contribution is -2.22.